The van der Waals surface area contributed by atoms with E-state index >= 15 is 0 Å². The van der Waals surface area contributed by atoms with Gasteiger partial charge in [-0.15, -0.1) is 0 Å². The molecule has 6 nitrogen and oxygen atoms in total. The summed E-state index contributed by atoms with van der Waals surface area (Å²) in [7, 11) is -4.75. The summed E-state index contributed by atoms with van der Waals surface area (Å²) in [5, 5.41) is 0. The number of nitrogens with one attached hydrogen (secondary N) is 1. The van der Waals surface area contributed by atoms with Crippen LogP contribution >= 0.6 is 0 Å². The van der Waals surface area contributed by atoms with Crippen LogP contribution in [-0.2, 0) is 20.0 Å². The van der Waals surface area contributed by atoms with Gasteiger partial charge in [0.05, 0.1) is 9.79 Å². The predicted molar refractivity (Wildman–Crippen MR) is 84.5 cm³/mol. The second kappa shape index (κ2) is 6.26. The van der Waals surface area contributed by atoms with Gasteiger partial charge >= 0.3 is 0 Å². The molecular formula is C14H15FN2O4S2. The summed E-state index contributed by atoms with van der Waals surface area (Å²) in [4.78, 5) is -0.109. The highest BCUT2D eigenvalue weighted by Crippen LogP contribution is 2.19. The molecule has 9 heteroatoms. The van der Waals surface area contributed by atoms with Crippen molar-refractivity contribution in [2.75, 3.05) is 18.8 Å². The lowest BCUT2D eigenvalue weighted by Crippen LogP contribution is -2.22. The first-order chi connectivity index (χ1) is 10.6. The Labute approximate surface area is 134 Å². The minimum atomic E-state index is -3.89. The van der Waals surface area contributed by atoms with E-state index in [1.165, 1.54) is 50.5 Å². The van der Waals surface area contributed by atoms with Crippen LogP contribution in [0.25, 0.3) is 0 Å². The monoisotopic (exact) mass is 358 g/mol. The summed E-state index contributed by atoms with van der Waals surface area (Å²) >= 11 is 0. The molecule has 0 fully saturated rings. The van der Waals surface area contributed by atoms with Crippen molar-refractivity contribution in [2.24, 2.45) is 0 Å². The Kier molecular flexibility index (Phi) is 4.73. The molecule has 0 radical (unpaired) electrons. The van der Waals surface area contributed by atoms with Crippen LogP contribution in [0, 0.1) is 5.82 Å². The number of sulfonamides is 2. The summed E-state index contributed by atoms with van der Waals surface area (Å²) in [6.45, 7) is 0. The lowest BCUT2D eigenvalue weighted by Gasteiger charge is -2.12. The zero-order chi connectivity index (χ0) is 17.3. The molecule has 0 saturated carbocycles. The molecular weight excluding hydrogens is 343 g/mol. The van der Waals surface area contributed by atoms with Crippen molar-refractivity contribution in [3.05, 3.63) is 54.3 Å². The first-order valence-electron chi connectivity index (χ1n) is 6.44. The SMILES string of the molecule is CN(C)S(=O)(=O)c1ccc(S(=O)(=O)Nc2ccc(F)cc2)cc1. The topological polar surface area (TPSA) is 83.6 Å². The van der Waals surface area contributed by atoms with E-state index in [1.807, 2.05) is 0 Å². The van der Waals surface area contributed by atoms with E-state index in [2.05, 4.69) is 4.72 Å². The standard InChI is InChI=1S/C14H15FN2O4S2/c1-17(2)23(20,21)14-9-7-13(8-10-14)22(18,19)16-12-5-3-11(15)4-6-12/h3-10,16H,1-2H3. The molecule has 0 aliphatic rings. The third-order valence-corrected chi connectivity index (χ3v) is 6.24. The second-order valence-electron chi connectivity index (χ2n) is 4.87. The van der Waals surface area contributed by atoms with Gasteiger partial charge in [-0.05, 0) is 48.5 Å². The third kappa shape index (κ3) is 3.87. The number of anilines is 1. The lowest BCUT2D eigenvalue weighted by atomic mass is 10.3. The quantitative estimate of drug-likeness (QED) is 0.884. The highest BCUT2D eigenvalue weighted by Gasteiger charge is 2.19. The van der Waals surface area contributed by atoms with Gasteiger partial charge in [-0.1, -0.05) is 0 Å². The van der Waals surface area contributed by atoms with Gasteiger partial charge in [0.15, 0.2) is 0 Å². The molecule has 124 valence electrons. The molecule has 0 aliphatic heterocycles. The smallest absolute Gasteiger partial charge is 0.261 e. The van der Waals surface area contributed by atoms with Crippen LogP contribution in [-0.4, -0.2) is 35.2 Å². The van der Waals surface area contributed by atoms with Gasteiger partial charge in [0, 0.05) is 19.8 Å². The molecule has 0 heterocycles. The Hall–Kier alpha value is -1.97. The Morgan fingerprint density at radius 1 is 0.826 bits per heavy atom. The van der Waals surface area contributed by atoms with Crippen LogP contribution in [0.2, 0.25) is 0 Å². The van der Waals surface area contributed by atoms with Gasteiger partial charge in [0.1, 0.15) is 5.82 Å². The molecule has 0 aromatic heterocycles. The van der Waals surface area contributed by atoms with Crippen LogP contribution in [0.4, 0.5) is 10.1 Å². The first-order valence-corrected chi connectivity index (χ1v) is 9.36. The van der Waals surface area contributed by atoms with Crippen LogP contribution in [0.15, 0.2) is 58.3 Å². The molecule has 0 atom stereocenters. The van der Waals surface area contributed by atoms with E-state index in [4.69, 9.17) is 0 Å². The second-order valence-corrected chi connectivity index (χ2v) is 8.71. The zero-order valence-corrected chi connectivity index (χ0v) is 14.0. The van der Waals surface area contributed by atoms with Gasteiger partial charge in [0.25, 0.3) is 10.0 Å². The van der Waals surface area contributed by atoms with Crippen LogP contribution in [0.3, 0.4) is 0 Å². The molecule has 2 aromatic rings. The van der Waals surface area contributed by atoms with Crippen LogP contribution in [0.1, 0.15) is 0 Å². The molecule has 23 heavy (non-hydrogen) atoms. The average Bonchev–Trinajstić information content (AvgIpc) is 2.49. The number of rotatable bonds is 5. The van der Waals surface area contributed by atoms with Gasteiger partial charge < -0.3 is 0 Å². The Morgan fingerprint density at radius 3 is 1.78 bits per heavy atom. The fourth-order valence-electron chi connectivity index (χ4n) is 1.73. The minimum Gasteiger partial charge on any atom is -0.280 e. The highest BCUT2D eigenvalue weighted by atomic mass is 32.2. The summed E-state index contributed by atoms with van der Waals surface area (Å²) in [6, 6.07) is 9.67. The van der Waals surface area contributed by atoms with Crippen molar-refractivity contribution < 1.29 is 21.2 Å². The lowest BCUT2D eigenvalue weighted by molar-refractivity contribution is 0.520. The zero-order valence-electron chi connectivity index (χ0n) is 12.4. The van der Waals surface area contributed by atoms with Crippen LogP contribution in [0.5, 0.6) is 0 Å². The van der Waals surface area contributed by atoms with E-state index in [0.717, 1.165) is 16.4 Å². The maximum absolute atomic E-state index is 12.8. The first kappa shape index (κ1) is 17.4. The summed E-state index contributed by atoms with van der Waals surface area (Å²) < 4.78 is 64.5. The largest absolute Gasteiger partial charge is 0.280 e. The van der Waals surface area contributed by atoms with Gasteiger partial charge in [-0.25, -0.2) is 25.5 Å². The maximum atomic E-state index is 12.8. The van der Waals surface area contributed by atoms with Crippen molar-refractivity contribution >= 4 is 25.7 Å². The Balaban J connectivity index is 2.29. The molecule has 0 amide bonds. The summed E-state index contributed by atoms with van der Waals surface area (Å²) in [6.07, 6.45) is 0. The molecule has 2 rings (SSSR count). The Bertz CT molecular complexity index is 891. The van der Waals surface area contributed by atoms with Gasteiger partial charge in [0.2, 0.25) is 10.0 Å². The Morgan fingerprint density at radius 2 is 1.30 bits per heavy atom. The minimum absolute atomic E-state index is 0.0109. The van der Waals surface area contributed by atoms with Crippen molar-refractivity contribution in [1.82, 2.24) is 4.31 Å². The number of hydrogen-bond donors (Lipinski definition) is 1. The number of hydrogen-bond acceptors (Lipinski definition) is 4. The molecule has 1 N–H and O–H groups in total. The summed E-state index contributed by atoms with van der Waals surface area (Å²) in [5.41, 5.74) is 0.205. The molecule has 0 bridgehead atoms. The van der Waals surface area contributed by atoms with Crippen molar-refractivity contribution in [3.8, 4) is 0 Å². The van der Waals surface area contributed by atoms with Gasteiger partial charge in [-0.2, -0.15) is 0 Å². The van der Waals surface area contributed by atoms with E-state index in [9.17, 15) is 21.2 Å². The fraction of sp³-hybridized carbons (Fsp3) is 0.143. The normalized spacial score (nSPS) is 12.3. The number of nitrogens with zero attached hydrogens (tertiary/aromatic N) is 1. The molecule has 0 saturated heterocycles. The van der Waals surface area contributed by atoms with Crippen molar-refractivity contribution in [2.45, 2.75) is 9.79 Å². The number of halogens is 1. The molecule has 2 aromatic carbocycles. The van der Waals surface area contributed by atoms with E-state index in [1.54, 1.807) is 0 Å². The fourth-order valence-corrected chi connectivity index (χ4v) is 3.69. The van der Waals surface area contributed by atoms with E-state index in [0.29, 0.717) is 0 Å². The predicted octanol–water partition coefficient (Wildman–Crippen LogP) is 1.88. The van der Waals surface area contributed by atoms with E-state index < -0.39 is 25.9 Å². The van der Waals surface area contributed by atoms with E-state index in [-0.39, 0.29) is 15.5 Å². The average molecular weight is 358 g/mol. The summed E-state index contributed by atoms with van der Waals surface area (Å²) in [5.74, 6) is -0.480. The van der Waals surface area contributed by atoms with Crippen molar-refractivity contribution in [3.63, 3.8) is 0 Å². The highest BCUT2D eigenvalue weighted by molar-refractivity contribution is 7.92. The van der Waals surface area contributed by atoms with Crippen molar-refractivity contribution in [1.29, 1.82) is 0 Å². The van der Waals surface area contributed by atoms with Crippen LogP contribution < -0.4 is 4.72 Å². The molecule has 0 spiro atoms. The number of benzene rings is 2. The maximum Gasteiger partial charge on any atom is 0.261 e. The van der Waals surface area contributed by atoms with Gasteiger partial charge in [-0.3, -0.25) is 4.72 Å². The third-order valence-electron chi connectivity index (χ3n) is 3.01. The molecule has 0 aliphatic carbocycles. The molecule has 0 unspecified atom stereocenters.